The third kappa shape index (κ3) is 3.83. The van der Waals surface area contributed by atoms with Gasteiger partial charge >= 0.3 is 0 Å². The quantitative estimate of drug-likeness (QED) is 0.609. The van der Waals surface area contributed by atoms with Gasteiger partial charge in [0, 0.05) is 16.9 Å². The number of benzene rings is 3. The van der Waals surface area contributed by atoms with Crippen LogP contribution in [0.25, 0.3) is 0 Å². The first-order chi connectivity index (χ1) is 14.5. The first-order valence-electron chi connectivity index (χ1n) is 9.61. The van der Waals surface area contributed by atoms with Crippen LogP contribution >= 0.6 is 11.8 Å². The molecule has 4 nitrogen and oxygen atoms in total. The van der Waals surface area contributed by atoms with E-state index in [0.717, 1.165) is 22.4 Å². The highest BCUT2D eigenvalue weighted by Gasteiger charge is 2.36. The zero-order valence-corrected chi connectivity index (χ0v) is 17.5. The van der Waals surface area contributed by atoms with E-state index in [0.29, 0.717) is 11.4 Å². The fourth-order valence-corrected chi connectivity index (χ4v) is 4.86. The van der Waals surface area contributed by atoms with Crippen molar-refractivity contribution < 1.29 is 14.0 Å². The Morgan fingerprint density at radius 3 is 2.57 bits per heavy atom. The molecule has 4 rings (SSSR count). The van der Waals surface area contributed by atoms with Gasteiger partial charge in [0.05, 0.1) is 11.3 Å². The third-order valence-electron chi connectivity index (χ3n) is 5.07. The molecule has 1 aliphatic rings. The van der Waals surface area contributed by atoms with Crippen molar-refractivity contribution in [2.45, 2.75) is 19.2 Å². The van der Waals surface area contributed by atoms with Gasteiger partial charge in [-0.25, -0.2) is 4.39 Å². The van der Waals surface area contributed by atoms with Gasteiger partial charge in [-0.1, -0.05) is 48.0 Å². The van der Waals surface area contributed by atoms with Crippen molar-refractivity contribution in [1.29, 1.82) is 0 Å². The predicted octanol–water partition coefficient (Wildman–Crippen LogP) is 5.47. The van der Waals surface area contributed by atoms with Gasteiger partial charge in [-0.05, 0) is 43.7 Å². The first-order valence-corrected chi connectivity index (χ1v) is 10.7. The molecular weight excluding hydrogens is 399 g/mol. The minimum atomic E-state index is -0.574. The van der Waals surface area contributed by atoms with Crippen molar-refractivity contribution >= 4 is 35.0 Å². The van der Waals surface area contributed by atoms with E-state index < -0.39 is 11.7 Å². The molecule has 1 atom stereocenters. The SMILES string of the molecule is Cc1ccc(N2C(=O)CSC2c2ccccc2NC(=O)c2ccccc2F)c(C)c1. The van der Waals surface area contributed by atoms with Gasteiger partial charge in [0.1, 0.15) is 11.2 Å². The van der Waals surface area contributed by atoms with Crippen LogP contribution in [-0.2, 0) is 4.79 Å². The van der Waals surface area contributed by atoms with Gasteiger partial charge in [-0.2, -0.15) is 0 Å². The number of nitrogens with zero attached hydrogens (tertiary/aromatic N) is 1. The maximum atomic E-state index is 14.0. The molecule has 3 aromatic rings. The molecule has 0 saturated carbocycles. The minimum absolute atomic E-state index is 0.0197. The Bertz CT molecular complexity index is 1130. The Morgan fingerprint density at radius 2 is 1.80 bits per heavy atom. The summed E-state index contributed by atoms with van der Waals surface area (Å²) in [4.78, 5) is 27.2. The second kappa shape index (κ2) is 8.32. The highest BCUT2D eigenvalue weighted by Crippen LogP contribution is 2.45. The van der Waals surface area contributed by atoms with E-state index >= 15 is 0 Å². The number of para-hydroxylation sites is 1. The molecule has 1 N–H and O–H groups in total. The summed E-state index contributed by atoms with van der Waals surface area (Å²) in [5.41, 5.74) is 4.35. The van der Waals surface area contributed by atoms with Crippen molar-refractivity contribution in [2.75, 3.05) is 16.0 Å². The lowest BCUT2D eigenvalue weighted by Crippen LogP contribution is -2.29. The molecule has 1 saturated heterocycles. The number of aryl methyl sites for hydroxylation is 2. The molecule has 152 valence electrons. The molecule has 0 radical (unpaired) electrons. The molecule has 2 amide bonds. The van der Waals surface area contributed by atoms with Gasteiger partial charge in [-0.15, -0.1) is 11.8 Å². The number of halogens is 1. The summed E-state index contributed by atoms with van der Waals surface area (Å²) >= 11 is 1.51. The maximum Gasteiger partial charge on any atom is 0.258 e. The number of carbonyl (C=O) groups is 2. The van der Waals surface area contributed by atoms with Crippen LogP contribution in [0.3, 0.4) is 0 Å². The first kappa shape index (κ1) is 20.2. The number of nitrogens with one attached hydrogen (secondary N) is 1. The van der Waals surface area contributed by atoms with Crippen molar-refractivity contribution in [3.63, 3.8) is 0 Å². The van der Waals surface area contributed by atoms with Crippen LogP contribution in [0.2, 0.25) is 0 Å². The summed E-state index contributed by atoms with van der Waals surface area (Å²) in [6.45, 7) is 4.00. The zero-order chi connectivity index (χ0) is 21.3. The van der Waals surface area contributed by atoms with Crippen LogP contribution < -0.4 is 10.2 Å². The Kier molecular flexibility index (Phi) is 5.59. The second-order valence-corrected chi connectivity index (χ2v) is 8.31. The number of rotatable bonds is 4. The zero-order valence-electron chi connectivity index (χ0n) is 16.7. The lowest BCUT2D eigenvalue weighted by Gasteiger charge is -2.27. The standard InChI is InChI=1S/C24H21FN2O2S/c1-15-11-12-21(16(2)13-15)27-22(28)14-30-24(27)18-8-4-6-10-20(18)26-23(29)17-7-3-5-9-19(17)25/h3-13,24H,14H2,1-2H3,(H,26,29). The summed E-state index contributed by atoms with van der Waals surface area (Å²) in [6, 6.07) is 19.2. The average molecular weight is 421 g/mol. The number of hydrogen-bond donors (Lipinski definition) is 1. The molecule has 0 spiro atoms. The lowest BCUT2D eigenvalue weighted by atomic mass is 10.1. The molecular formula is C24H21FN2O2S. The Hall–Kier alpha value is -3.12. The smallest absolute Gasteiger partial charge is 0.258 e. The van der Waals surface area contributed by atoms with Crippen molar-refractivity contribution in [3.05, 3.63) is 94.8 Å². The highest BCUT2D eigenvalue weighted by molar-refractivity contribution is 8.00. The summed E-state index contributed by atoms with van der Waals surface area (Å²) in [6.07, 6.45) is 0. The normalized spacial score (nSPS) is 16.0. The van der Waals surface area contributed by atoms with Crippen molar-refractivity contribution in [1.82, 2.24) is 0 Å². The van der Waals surface area contributed by atoms with E-state index in [2.05, 4.69) is 11.4 Å². The van der Waals surface area contributed by atoms with E-state index in [1.165, 1.54) is 23.9 Å². The van der Waals surface area contributed by atoms with E-state index in [1.807, 2.05) is 44.2 Å². The lowest BCUT2D eigenvalue weighted by molar-refractivity contribution is -0.115. The van der Waals surface area contributed by atoms with Crippen molar-refractivity contribution in [2.24, 2.45) is 0 Å². The van der Waals surface area contributed by atoms with E-state index in [1.54, 1.807) is 23.1 Å². The maximum absolute atomic E-state index is 14.0. The fourth-order valence-electron chi connectivity index (χ4n) is 3.65. The van der Waals surface area contributed by atoms with E-state index in [4.69, 9.17) is 0 Å². The number of thioether (sulfide) groups is 1. The summed E-state index contributed by atoms with van der Waals surface area (Å²) in [7, 11) is 0. The molecule has 0 aromatic heterocycles. The van der Waals surface area contributed by atoms with E-state index in [-0.39, 0.29) is 16.8 Å². The monoisotopic (exact) mass is 420 g/mol. The average Bonchev–Trinajstić information content (AvgIpc) is 3.10. The van der Waals surface area contributed by atoms with Gasteiger partial charge in [-0.3, -0.25) is 14.5 Å². The van der Waals surface area contributed by atoms with E-state index in [9.17, 15) is 14.0 Å². The van der Waals surface area contributed by atoms with Crippen LogP contribution in [0.15, 0.2) is 66.7 Å². The second-order valence-electron chi connectivity index (χ2n) is 7.24. The predicted molar refractivity (Wildman–Crippen MR) is 119 cm³/mol. The Labute approximate surface area is 179 Å². The molecule has 1 unspecified atom stereocenters. The number of anilines is 2. The molecule has 0 aliphatic carbocycles. The molecule has 3 aromatic carbocycles. The van der Waals surface area contributed by atoms with Crippen LogP contribution in [-0.4, -0.2) is 17.6 Å². The van der Waals surface area contributed by atoms with Crippen molar-refractivity contribution in [3.8, 4) is 0 Å². The topological polar surface area (TPSA) is 49.4 Å². The molecule has 1 fully saturated rings. The Balaban J connectivity index is 1.69. The summed E-state index contributed by atoms with van der Waals surface area (Å²) < 4.78 is 14.0. The molecule has 1 heterocycles. The van der Waals surface area contributed by atoms with Crippen LogP contribution in [0.4, 0.5) is 15.8 Å². The van der Waals surface area contributed by atoms with Crippen LogP contribution in [0.5, 0.6) is 0 Å². The Morgan fingerprint density at radius 1 is 1.07 bits per heavy atom. The number of amides is 2. The van der Waals surface area contributed by atoms with Gasteiger partial charge in [0.25, 0.3) is 5.91 Å². The van der Waals surface area contributed by atoms with Crippen LogP contribution in [0.1, 0.15) is 32.4 Å². The largest absolute Gasteiger partial charge is 0.322 e. The molecule has 0 bridgehead atoms. The minimum Gasteiger partial charge on any atom is -0.322 e. The molecule has 6 heteroatoms. The molecule has 30 heavy (non-hydrogen) atoms. The van der Waals surface area contributed by atoms with Crippen LogP contribution in [0, 0.1) is 19.7 Å². The number of carbonyl (C=O) groups excluding carboxylic acids is 2. The van der Waals surface area contributed by atoms with Gasteiger partial charge < -0.3 is 5.32 Å². The number of hydrogen-bond acceptors (Lipinski definition) is 3. The third-order valence-corrected chi connectivity index (χ3v) is 6.27. The molecule has 1 aliphatic heterocycles. The van der Waals surface area contributed by atoms with Gasteiger partial charge in [0.2, 0.25) is 5.91 Å². The summed E-state index contributed by atoms with van der Waals surface area (Å²) in [5, 5.41) is 2.54. The van der Waals surface area contributed by atoms with Gasteiger partial charge in [0.15, 0.2) is 0 Å². The highest BCUT2D eigenvalue weighted by atomic mass is 32.2. The fraction of sp³-hybridized carbons (Fsp3) is 0.167. The summed E-state index contributed by atoms with van der Waals surface area (Å²) in [5.74, 6) is -0.719.